The second kappa shape index (κ2) is 6.07. The topological polar surface area (TPSA) is 74.5 Å². The summed E-state index contributed by atoms with van der Waals surface area (Å²) in [6.07, 6.45) is -0.686. The van der Waals surface area contributed by atoms with Gasteiger partial charge in [0.05, 0.1) is 0 Å². The van der Waals surface area contributed by atoms with Gasteiger partial charge >= 0.3 is 0 Å². The summed E-state index contributed by atoms with van der Waals surface area (Å²) in [6.45, 7) is 5.94. The number of hydrogen-bond donors (Lipinski definition) is 3. The van der Waals surface area contributed by atoms with Crippen molar-refractivity contribution in [3.05, 3.63) is 30.0 Å². The first-order valence-corrected chi connectivity index (χ1v) is 6.68. The molecular formula is C15H20N2O3. The minimum atomic E-state index is -0.686. The Hall–Kier alpha value is -1.85. The Morgan fingerprint density at radius 1 is 1.35 bits per heavy atom. The van der Waals surface area contributed by atoms with Crippen molar-refractivity contribution in [3.8, 4) is 0 Å². The molecule has 1 aromatic heterocycles. The number of fused-ring (bicyclic) bond motifs is 1. The van der Waals surface area contributed by atoms with Crippen LogP contribution in [0.25, 0.3) is 11.0 Å². The molecule has 0 aliphatic carbocycles. The van der Waals surface area contributed by atoms with Crippen molar-refractivity contribution in [1.29, 1.82) is 0 Å². The van der Waals surface area contributed by atoms with Crippen molar-refractivity contribution in [3.63, 3.8) is 0 Å². The SMILES string of the molecule is CC(=O)Nc1ccc2oc([C@H](O)CNC(C)C)cc2c1. The molecule has 1 amide bonds. The van der Waals surface area contributed by atoms with Crippen molar-refractivity contribution < 1.29 is 14.3 Å². The Bertz CT molecular complexity index is 604. The van der Waals surface area contributed by atoms with Crippen LogP contribution in [-0.4, -0.2) is 23.6 Å². The average Bonchev–Trinajstić information content (AvgIpc) is 2.78. The van der Waals surface area contributed by atoms with E-state index in [1.807, 2.05) is 19.9 Å². The fourth-order valence-corrected chi connectivity index (χ4v) is 1.96. The molecule has 0 radical (unpaired) electrons. The molecule has 2 aromatic rings. The highest BCUT2D eigenvalue weighted by atomic mass is 16.4. The van der Waals surface area contributed by atoms with Crippen LogP contribution < -0.4 is 10.6 Å². The van der Waals surface area contributed by atoms with Gasteiger partial charge in [0, 0.05) is 30.6 Å². The lowest BCUT2D eigenvalue weighted by molar-refractivity contribution is -0.114. The van der Waals surface area contributed by atoms with Gasteiger partial charge in [-0.3, -0.25) is 4.79 Å². The lowest BCUT2D eigenvalue weighted by atomic mass is 10.2. The van der Waals surface area contributed by atoms with E-state index in [1.54, 1.807) is 18.2 Å². The maximum absolute atomic E-state index is 11.0. The van der Waals surface area contributed by atoms with E-state index in [0.29, 0.717) is 29.6 Å². The highest BCUT2D eigenvalue weighted by Crippen LogP contribution is 2.26. The lowest BCUT2D eigenvalue weighted by Crippen LogP contribution is -2.27. The minimum Gasteiger partial charge on any atom is -0.458 e. The number of furan rings is 1. The summed E-state index contributed by atoms with van der Waals surface area (Å²) in [5.74, 6) is 0.405. The van der Waals surface area contributed by atoms with Crippen LogP contribution in [0.1, 0.15) is 32.6 Å². The zero-order chi connectivity index (χ0) is 14.7. The number of anilines is 1. The molecule has 1 aromatic carbocycles. The van der Waals surface area contributed by atoms with Gasteiger partial charge in [0.25, 0.3) is 0 Å². The molecule has 2 rings (SSSR count). The van der Waals surface area contributed by atoms with E-state index >= 15 is 0 Å². The largest absolute Gasteiger partial charge is 0.458 e. The monoisotopic (exact) mass is 276 g/mol. The van der Waals surface area contributed by atoms with Gasteiger partial charge in [0.1, 0.15) is 17.4 Å². The third-order valence-corrected chi connectivity index (χ3v) is 2.90. The zero-order valence-corrected chi connectivity index (χ0v) is 11.9. The number of carbonyl (C=O) groups is 1. The molecule has 0 saturated carbocycles. The summed E-state index contributed by atoms with van der Waals surface area (Å²) in [4.78, 5) is 11.0. The number of nitrogens with one attached hydrogen (secondary N) is 2. The van der Waals surface area contributed by atoms with Crippen molar-refractivity contribution in [2.45, 2.75) is 32.9 Å². The standard InChI is InChI=1S/C15H20N2O3/c1-9(2)16-8-13(19)15-7-11-6-12(17-10(3)18)4-5-14(11)20-15/h4-7,9,13,16,19H,8H2,1-3H3,(H,17,18)/t13-/m1/s1. The molecule has 0 saturated heterocycles. The Kier molecular flexibility index (Phi) is 4.42. The first-order chi connectivity index (χ1) is 9.45. The second-order valence-electron chi connectivity index (χ2n) is 5.16. The molecule has 0 spiro atoms. The van der Waals surface area contributed by atoms with Crippen LogP contribution in [0, 0.1) is 0 Å². The normalized spacial score (nSPS) is 12.8. The predicted octanol–water partition coefficient (Wildman–Crippen LogP) is 2.42. The van der Waals surface area contributed by atoms with Gasteiger partial charge in [-0.2, -0.15) is 0 Å². The first-order valence-electron chi connectivity index (χ1n) is 6.68. The van der Waals surface area contributed by atoms with E-state index in [0.717, 1.165) is 5.39 Å². The number of hydrogen-bond acceptors (Lipinski definition) is 4. The molecule has 0 fully saturated rings. The van der Waals surface area contributed by atoms with Crippen LogP contribution in [0.4, 0.5) is 5.69 Å². The summed E-state index contributed by atoms with van der Waals surface area (Å²) in [7, 11) is 0. The Morgan fingerprint density at radius 2 is 2.10 bits per heavy atom. The van der Waals surface area contributed by atoms with E-state index in [1.165, 1.54) is 6.92 Å². The third kappa shape index (κ3) is 3.59. The van der Waals surface area contributed by atoms with Crippen molar-refractivity contribution in [2.24, 2.45) is 0 Å². The van der Waals surface area contributed by atoms with Crippen LogP contribution in [0.2, 0.25) is 0 Å². The predicted molar refractivity (Wildman–Crippen MR) is 78.6 cm³/mol. The molecule has 0 bridgehead atoms. The summed E-state index contributed by atoms with van der Waals surface area (Å²) in [5.41, 5.74) is 1.41. The molecule has 1 heterocycles. The number of carbonyl (C=O) groups excluding carboxylic acids is 1. The molecule has 1 atom stereocenters. The van der Waals surface area contributed by atoms with Gasteiger partial charge in [0.15, 0.2) is 0 Å². The fourth-order valence-electron chi connectivity index (χ4n) is 1.96. The summed E-state index contributed by atoms with van der Waals surface area (Å²) < 4.78 is 5.62. The zero-order valence-electron chi connectivity index (χ0n) is 11.9. The Balaban J connectivity index is 2.18. The molecule has 5 heteroatoms. The maximum atomic E-state index is 11.0. The average molecular weight is 276 g/mol. The van der Waals surface area contributed by atoms with Crippen LogP contribution >= 0.6 is 0 Å². The lowest BCUT2D eigenvalue weighted by Gasteiger charge is -2.11. The second-order valence-corrected chi connectivity index (χ2v) is 5.16. The first kappa shape index (κ1) is 14.6. The van der Waals surface area contributed by atoms with Gasteiger partial charge in [-0.1, -0.05) is 13.8 Å². The Morgan fingerprint density at radius 3 is 2.75 bits per heavy atom. The highest BCUT2D eigenvalue weighted by Gasteiger charge is 2.14. The molecule has 20 heavy (non-hydrogen) atoms. The van der Waals surface area contributed by atoms with E-state index in [-0.39, 0.29) is 5.91 Å². The van der Waals surface area contributed by atoms with Gasteiger partial charge in [-0.25, -0.2) is 0 Å². The number of benzene rings is 1. The van der Waals surface area contributed by atoms with Crippen LogP contribution in [0.3, 0.4) is 0 Å². The minimum absolute atomic E-state index is 0.116. The number of rotatable bonds is 5. The third-order valence-electron chi connectivity index (χ3n) is 2.90. The van der Waals surface area contributed by atoms with E-state index in [9.17, 15) is 9.90 Å². The van der Waals surface area contributed by atoms with Gasteiger partial charge < -0.3 is 20.2 Å². The van der Waals surface area contributed by atoms with Gasteiger partial charge in [-0.05, 0) is 24.3 Å². The van der Waals surface area contributed by atoms with Gasteiger partial charge in [0.2, 0.25) is 5.91 Å². The van der Waals surface area contributed by atoms with Crippen molar-refractivity contribution in [1.82, 2.24) is 5.32 Å². The molecule has 0 aliphatic heterocycles. The summed E-state index contributed by atoms with van der Waals surface area (Å²) in [6, 6.07) is 7.49. The van der Waals surface area contributed by atoms with Crippen molar-refractivity contribution in [2.75, 3.05) is 11.9 Å². The molecular weight excluding hydrogens is 256 g/mol. The van der Waals surface area contributed by atoms with E-state index in [2.05, 4.69) is 10.6 Å². The summed E-state index contributed by atoms with van der Waals surface area (Å²) >= 11 is 0. The highest BCUT2D eigenvalue weighted by molar-refractivity contribution is 5.92. The van der Waals surface area contributed by atoms with Crippen LogP contribution in [0.15, 0.2) is 28.7 Å². The Labute approximate surface area is 118 Å². The molecule has 5 nitrogen and oxygen atoms in total. The van der Waals surface area contributed by atoms with Crippen molar-refractivity contribution >= 4 is 22.6 Å². The van der Waals surface area contributed by atoms with Crippen LogP contribution in [-0.2, 0) is 4.79 Å². The molecule has 3 N–H and O–H groups in total. The maximum Gasteiger partial charge on any atom is 0.221 e. The smallest absolute Gasteiger partial charge is 0.221 e. The fraction of sp³-hybridized carbons (Fsp3) is 0.400. The molecule has 0 unspecified atom stereocenters. The van der Waals surface area contributed by atoms with E-state index in [4.69, 9.17) is 4.42 Å². The number of aliphatic hydroxyl groups is 1. The quantitative estimate of drug-likeness (QED) is 0.784. The summed E-state index contributed by atoms with van der Waals surface area (Å²) in [5, 5.41) is 16.8. The van der Waals surface area contributed by atoms with E-state index < -0.39 is 6.10 Å². The van der Waals surface area contributed by atoms with Crippen LogP contribution in [0.5, 0.6) is 0 Å². The van der Waals surface area contributed by atoms with Gasteiger partial charge in [-0.15, -0.1) is 0 Å². The number of amides is 1. The molecule has 108 valence electrons. The number of aliphatic hydroxyl groups excluding tert-OH is 1. The molecule has 0 aliphatic rings.